The number of nitrogens with one attached hydrogen (secondary N) is 1. The van der Waals surface area contributed by atoms with Gasteiger partial charge in [0.1, 0.15) is 28.7 Å². The van der Waals surface area contributed by atoms with Crippen LogP contribution in [0.15, 0.2) is 24.4 Å². The van der Waals surface area contributed by atoms with Crippen LogP contribution in [0.25, 0.3) is 21.8 Å². The van der Waals surface area contributed by atoms with E-state index in [1.807, 2.05) is 6.07 Å². The average Bonchev–Trinajstić information content (AvgIpc) is 3.57. The van der Waals surface area contributed by atoms with Gasteiger partial charge in [0.25, 0.3) is 0 Å². The highest BCUT2D eigenvalue weighted by atomic mass is 32.1. The maximum absolute atomic E-state index is 15.6. The molecule has 9 nitrogen and oxygen atoms in total. The Morgan fingerprint density at radius 1 is 1.23 bits per heavy atom. The Morgan fingerprint density at radius 3 is 2.77 bits per heavy atom. The quantitative estimate of drug-likeness (QED) is 0.549. The van der Waals surface area contributed by atoms with E-state index in [0.717, 1.165) is 43.4 Å². The van der Waals surface area contributed by atoms with Crippen molar-refractivity contribution < 1.29 is 9.50 Å². The van der Waals surface area contributed by atoms with Gasteiger partial charge in [-0.05, 0) is 57.6 Å². The van der Waals surface area contributed by atoms with Gasteiger partial charge in [-0.3, -0.25) is 0 Å². The molecule has 4 heterocycles. The van der Waals surface area contributed by atoms with Crippen molar-refractivity contribution in [3.05, 3.63) is 29.4 Å². The van der Waals surface area contributed by atoms with Crippen LogP contribution in [0.3, 0.4) is 0 Å². The lowest BCUT2D eigenvalue weighted by molar-refractivity contribution is 0.0582. The van der Waals surface area contributed by atoms with Crippen LogP contribution in [0.5, 0.6) is 5.75 Å². The van der Waals surface area contributed by atoms with Crippen molar-refractivity contribution in [1.29, 1.82) is 5.26 Å². The average molecular weight is 493 g/mol. The number of hydrogen-bond donors (Lipinski definition) is 2. The Hall–Kier alpha value is -3.23. The molecule has 4 atom stereocenters. The second kappa shape index (κ2) is 8.46. The second-order valence-electron chi connectivity index (χ2n) is 9.96. The Balaban J connectivity index is 1.26. The van der Waals surface area contributed by atoms with Crippen LogP contribution < -0.4 is 10.2 Å². The highest BCUT2D eigenvalue weighted by molar-refractivity contribution is 7.15. The third-order valence-electron chi connectivity index (χ3n) is 7.31. The number of anilines is 1. The number of rotatable bonds is 5. The van der Waals surface area contributed by atoms with E-state index >= 15 is 4.39 Å². The molecule has 180 valence electrons. The minimum absolute atomic E-state index is 0.00188. The summed E-state index contributed by atoms with van der Waals surface area (Å²) in [4.78, 5) is 6.64. The molecule has 0 unspecified atom stereocenters. The summed E-state index contributed by atoms with van der Waals surface area (Å²) in [5.41, 5.74) is 1.50. The number of aromatic nitrogens is 5. The molecular formula is C24H25FN8OS. The molecule has 0 amide bonds. The fourth-order valence-corrected chi connectivity index (χ4v) is 6.15. The number of benzene rings is 1. The van der Waals surface area contributed by atoms with Gasteiger partial charge in [0.15, 0.2) is 0 Å². The van der Waals surface area contributed by atoms with Crippen LogP contribution >= 0.6 is 11.3 Å². The summed E-state index contributed by atoms with van der Waals surface area (Å²) in [6, 6.07) is 6.86. The molecule has 3 aromatic rings. The van der Waals surface area contributed by atoms with E-state index in [2.05, 4.69) is 42.5 Å². The fraction of sp³-hybridized carbons (Fsp3) is 0.500. The summed E-state index contributed by atoms with van der Waals surface area (Å²) in [6.07, 6.45) is 6.29. The summed E-state index contributed by atoms with van der Waals surface area (Å²) >= 11 is 1.15. The summed E-state index contributed by atoms with van der Waals surface area (Å²) in [5, 5.41) is 40.4. The van der Waals surface area contributed by atoms with Crippen molar-refractivity contribution in [3.8, 4) is 33.6 Å². The summed E-state index contributed by atoms with van der Waals surface area (Å²) < 4.78 is 15.6. The number of piperidine rings is 2. The smallest absolute Gasteiger partial charge is 0.245 e. The number of fused-ring (bicyclic) bond motifs is 2. The summed E-state index contributed by atoms with van der Waals surface area (Å²) in [5.74, 6) is 0.448. The van der Waals surface area contributed by atoms with E-state index in [0.29, 0.717) is 34.2 Å². The molecule has 11 heteroatoms. The number of nitriles is 1. The maximum Gasteiger partial charge on any atom is 0.245 e. The van der Waals surface area contributed by atoms with Gasteiger partial charge in [0.05, 0.1) is 12.2 Å². The van der Waals surface area contributed by atoms with Crippen LogP contribution in [0.4, 0.5) is 10.3 Å². The topological polar surface area (TPSA) is 124 Å². The van der Waals surface area contributed by atoms with Crippen molar-refractivity contribution in [2.75, 3.05) is 4.90 Å². The van der Waals surface area contributed by atoms with Crippen LogP contribution in [-0.2, 0) is 0 Å². The van der Waals surface area contributed by atoms with Crippen LogP contribution in [0, 0.1) is 11.3 Å². The molecule has 3 fully saturated rings. The van der Waals surface area contributed by atoms with Gasteiger partial charge in [-0.25, -0.2) is 9.37 Å². The molecule has 2 aliphatic heterocycles. The standard InChI is InChI=1S/C24H25FN8OS/c1-24-8-2-3-16(28-24)21(25)18(10-24)33(14-5-6-14)23-27-12-17(29-32-23)15-7-4-13(9-19(15)34)22-31-30-20(11-26)35-22/h4,7,9,12,14,16,18,21,28,34H,2-3,5-6,8,10H2,1H3/t16-,18+,21-,24+/m0/s1. The summed E-state index contributed by atoms with van der Waals surface area (Å²) in [7, 11) is 0. The predicted molar refractivity (Wildman–Crippen MR) is 129 cm³/mol. The Labute approximate surface area is 206 Å². The number of nitrogens with zero attached hydrogens (tertiary/aromatic N) is 7. The van der Waals surface area contributed by atoms with Crippen molar-refractivity contribution >= 4 is 17.3 Å². The van der Waals surface area contributed by atoms with E-state index in [1.54, 1.807) is 24.4 Å². The number of aromatic hydroxyl groups is 1. The Bertz CT molecular complexity index is 1290. The first kappa shape index (κ1) is 22.2. The first-order chi connectivity index (χ1) is 16.9. The predicted octanol–water partition coefficient (Wildman–Crippen LogP) is 3.61. The third kappa shape index (κ3) is 4.10. The van der Waals surface area contributed by atoms with Gasteiger partial charge in [-0.2, -0.15) is 5.26 Å². The molecule has 2 aromatic heterocycles. The van der Waals surface area contributed by atoms with Crippen molar-refractivity contribution in [3.63, 3.8) is 0 Å². The van der Waals surface area contributed by atoms with Crippen LogP contribution in [0.2, 0.25) is 0 Å². The number of hydrogen-bond acceptors (Lipinski definition) is 10. The SMILES string of the molecule is C[C@]12CCC[C@H](N1)[C@H](F)[C@H](N(c1ncc(-c3ccc(-c4nnc(C#N)s4)cc3O)nn1)C1CC1)C2. The monoisotopic (exact) mass is 492 g/mol. The van der Waals surface area contributed by atoms with E-state index in [1.165, 1.54) is 0 Å². The van der Waals surface area contributed by atoms with Gasteiger partial charge < -0.3 is 15.3 Å². The third-order valence-corrected chi connectivity index (χ3v) is 8.19. The lowest BCUT2D eigenvalue weighted by Gasteiger charge is -2.52. The Morgan fingerprint density at radius 2 is 2.09 bits per heavy atom. The van der Waals surface area contributed by atoms with E-state index in [-0.39, 0.29) is 34.4 Å². The fourth-order valence-electron chi connectivity index (χ4n) is 5.51. The van der Waals surface area contributed by atoms with E-state index in [9.17, 15) is 5.11 Å². The molecule has 2 N–H and O–H groups in total. The number of alkyl halides is 1. The first-order valence-corrected chi connectivity index (χ1v) is 12.7. The van der Waals surface area contributed by atoms with E-state index < -0.39 is 6.17 Å². The largest absolute Gasteiger partial charge is 0.507 e. The minimum atomic E-state index is -0.981. The molecule has 3 aliphatic rings. The minimum Gasteiger partial charge on any atom is -0.507 e. The maximum atomic E-state index is 15.6. The normalized spacial score (nSPS) is 27.9. The van der Waals surface area contributed by atoms with Crippen molar-refractivity contribution in [1.82, 2.24) is 30.7 Å². The second-order valence-corrected chi connectivity index (χ2v) is 10.9. The zero-order chi connectivity index (χ0) is 24.2. The molecule has 0 spiro atoms. The lowest BCUT2D eigenvalue weighted by atomic mass is 9.74. The number of halogens is 1. The molecule has 6 rings (SSSR count). The van der Waals surface area contributed by atoms with Gasteiger partial charge in [-0.1, -0.05) is 17.4 Å². The van der Waals surface area contributed by atoms with Crippen LogP contribution in [0.1, 0.15) is 50.5 Å². The Kier molecular flexibility index (Phi) is 5.38. The molecule has 1 aliphatic carbocycles. The molecule has 2 bridgehead atoms. The van der Waals surface area contributed by atoms with Gasteiger partial charge in [-0.15, -0.1) is 20.4 Å². The molecule has 0 radical (unpaired) electrons. The highest BCUT2D eigenvalue weighted by Crippen LogP contribution is 2.42. The van der Waals surface area contributed by atoms with Gasteiger partial charge in [0, 0.05) is 28.7 Å². The number of phenolic OH excluding ortho intramolecular Hbond substituents is 1. The van der Waals surface area contributed by atoms with E-state index in [4.69, 9.17) is 5.26 Å². The zero-order valence-corrected chi connectivity index (χ0v) is 20.0. The van der Waals surface area contributed by atoms with Gasteiger partial charge >= 0.3 is 0 Å². The van der Waals surface area contributed by atoms with Gasteiger partial charge in [0.2, 0.25) is 11.0 Å². The van der Waals surface area contributed by atoms with Crippen molar-refractivity contribution in [2.24, 2.45) is 0 Å². The zero-order valence-electron chi connectivity index (χ0n) is 19.2. The molecular weight excluding hydrogens is 467 g/mol. The number of phenols is 1. The molecule has 1 saturated carbocycles. The molecule has 35 heavy (non-hydrogen) atoms. The molecule has 1 aromatic carbocycles. The van der Waals surface area contributed by atoms with Crippen molar-refractivity contribution in [2.45, 2.75) is 75.3 Å². The van der Waals surface area contributed by atoms with Crippen LogP contribution in [-0.4, -0.2) is 60.3 Å². The first-order valence-electron chi connectivity index (χ1n) is 11.9. The lowest BCUT2D eigenvalue weighted by Crippen LogP contribution is -2.67. The molecule has 2 saturated heterocycles. The summed E-state index contributed by atoms with van der Waals surface area (Å²) in [6.45, 7) is 2.20. The highest BCUT2D eigenvalue weighted by Gasteiger charge is 2.50.